The van der Waals surface area contributed by atoms with Gasteiger partial charge in [0, 0.05) is 92.2 Å². The fraction of sp³-hybridized carbons (Fsp3) is 0.214. The van der Waals surface area contributed by atoms with E-state index in [0.29, 0.717) is 0 Å². The molecule has 20 nitrogen and oxygen atoms in total. The zero-order valence-corrected chi connectivity index (χ0v) is 38.4. The molecule has 0 radical (unpaired) electrons. The minimum Gasteiger partial charge on any atom is -0.753 e. The Balaban J connectivity index is -0.0000000259. The van der Waals surface area contributed by atoms with E-state index in [1.54, 1.807) is 49.6 Å². The first kappa shape index (κ1) is 99.4. The molecular formula is C28H40N14Ni3O6S6. The van der Waals surface area contributed by atoms with Crippen molar-refractivity contribution >= 4 is 104 Å². The molecule has 0 atom stereocenters. The molecule has 0 amide bonds. The first-order chi connectivity index (χ1) is 26.5. The van der Waals surface area contributed by atoms with Gasteiger partial charge in [0.25, 0.3) is 0 Å². The molecule has 4 heterocycles. The molecule has 0 fully saturated rings. The smallest absolute Gasteiger partial charge is 0.753 e. The summed E-state index contributed by atoms with van der Waals surface area (Å²) in [6.07, 6.45) is 13.1. The molecule has 4 rings (SSSR count). The molecule has 0 unspecified atom stereocenters. The summed E-state index contributed by atoms with van der Waals surface area (Å²) in [7, 11) is 6.00. The van der Waals surface area contributed by atoms with Crippen molar-refractivity contribution in [3.05, 3.63) is 131 Å². The Kier molecular flexibility index (Phi) is 347. The molecule has 0 bridgehead atoms. The Morgan fingerprint density at radius 2 is 0.316 bits per heavy atom. The normalized spacial score (nSPS) is 4.84. The van der Waals surface area contributed by atoms with Crippen molar-refractivity contribution in [2.75, 3.05) is 42.7 Å². The average Bonchev–Trinajstić information content (AvgIpc) is 3.27. The van der Waals surface area contributed by atoms with E-state index in [0.717, 1.165) is 42.7 Å². The minimum atomic E-state index is 0. The van der Waals surface area contributed by atoms with Crippen LogP contribution in [0.2, 0.25) is 0 Å². The molecule has 4 aromatic heterocycles. The Morgan fingerprint density at radius 3 is 0.333 bits per heavy atom. The van der Waals surface area contributed by atoms with Gasteiger partial charge in [-0.2, -0.15) is 71.8 Å². The summed E-state index contributed by atoms with van der Waals surface area (Å²) < 4.78 is 0. The van der Waals surface area contributed by atoms with Crippen molar-refractivity contribution in [2.45, 2.75) is 0 Å². The van der Waals surface area contributed by atoms with Gasteiger partial charge in [0.1, 0.15) is 0 Å². The van der Waals surface area contributed by atoms with E-state index in [4.69, 9.17) is 63.1 Å². The van der Waals surface area contributed by atoms with Gasteiger partial charge in [-0.1, -0.05) is 73.3 Å². The third-order valence-corrected chi connectivity index (χ3v) is 1.93. The van der Waals surface area contributed by atoms with Crippen LogP contribution >= 0.6 is 73.3 Å². The van der Waals surface area contributed by atoms with Gasteiger partial charge in [-0.3, -0.25) is 0 Å². The first-order valence-corrected chi connectivity index (χ1v) is 14.6. The number of isothiocyanates is 6. The van der Waals surface area contributed by atoms with Gasteiger partial charge in [-0.05, 0) is 48.5 Å². The molecule has 6 N–H and O–H groups in total. The van der Waals surface area contributed by atoms with Crippen LogP contribution in [-0.4, -0.2) is 145 Å². The van der Waals surface area contributed by atoms with Crippen LogP contribution < -0.4 is 0 Å². The molecule has 4 aromatic rings. The SMILES string of the molecule is CO.CO.CO.CO.CO.CO.[N-]=C=S.[N-]=C=S.[N-]=C=S.[N-]=C=S.[N-]=C=S.[N-]=C=S.[Ni+2].[Ni+2].[Ni+2].c1ccnnc1.c1ccnnc1.c1ccnnc1.c1ccnnc1. The summed E-state index contributed by atoms with van der Waals surface area (Å²) in [5.74, 6) is 0. The fourth-order valence-electron chi connectivity index (χ4n) is 1.01. The van der Waals surface area contributed by atoms with Crippen molar-refractivity contribution in [1.29, 1.82) is 0 Å². The van der Waals surface area contributed by atoms with Gasteiger partial charge in [0.2, 0.25) is 0 Å². The Morgan fingerprint density at radius 1 is 0.263 bits per heavy atom. The maximum atomic E-state index is 7.13. The number of rotatable bonds is 0. The Hall–Kier alpha value is -3.64. The Bertz CT molecular complexity index is 929. The number of hydrogen-bond donors (Lipinski definition) is 6. The zero-order chi connectivity index (χ0) is 45.2. The summed E-state index contributed by atoms with van der Waals surface area (Å²) in [6, 6.07) is 14.6. The second kappa shape index (κ2) is 199. The molecule has 0 spiro atoms. The molecule has 57 heavy (non-hydrogen) atoms. The van der Waals surface area contributed by atoms with Crippen LogP contribution in [0.15, 0.2) is 98.1 Å². The van der Waals surface area contributed by atoms with Gasteiger partial charge in [-0.15, -0.1) is 0 Å². The Labute approximate surface area is 395 Å². The standard InChI is InChI=1S/4C4H4N2.6CNS.6CH4O.3Ni/c4*1-2-4-6-5-3-1;6*2-1-3;6*1-2;;;/h4*1-4H;;;;;;;6*2H,1H3;;;/q;;;;6*-1;;;;;;;3*+2. The predicted octanol–water partition coefficient (Wildman–Crippen LogP) is 3.50. The third-order valence-electron chi connectivity index (χ3n) is 1.93. The maximum Gasteiger partial charge on any atom is 2.00 e. The van der Waals surface area contributed by atoms with Crippen LogP contribution in [0.25, 0.3) is 32.5 Å². The van der Waals surface area contributed by atoms with Crippen molar-refractivity contribution in [3.8, 4) is 0 Å². The first-order valence-electron chi connectivity index (χ1n) is 12.1. The van der Waals surface area contributed by atoms with Crippen molar-refractivity contribution in [1.82, 2.24) is 40.8 Å². The van der Waals surface area contributed by atoms with E-state index in [1.165, 1.54) is 31.0 Å². The summed E-state index contributed by atoms with van der Waals surface area (Å²) >= 11 is 22.2. The van der Waals surface area contributed by atoms with Gasteiger partial charge >= 0.3 is 49.5 Å². The number of aliphatic hydroxyl groups excluding tert-OH is 6. The number of aromatic nitrogens is 8. The molecule has 0 aliphatic heterocycles. The van der Waals surface area contributed by atoms with E-state index >= 15 is 0 Å². The predicted molar refractivity (Wildman–Crippen MR) is 233 cm³/mol. The van der Waals surface area contributed by atoms with Crippen molar-refractivity contribution < 1.29 is 80.1 Å². The van der Waals surface area contributed by atoms with E-state index in [2.05, 4.69) is 114 Å². The van der Waals surface area contributed by atoms with Crippen LogP contribution in [0.3, 0.4) is 0 Å². The molecule has 0 saturated heterocycles. The van der Waals surface area contributed by atoms with Crippen LogP contribution in [0, 0.1) is 0 Å². The summed E-state index contributed by atoms with van der Waals surface area (Å²) in [4.78, 5) is 0. The number of nitrogens with zero attached hydrogens (tertiary/aromatic N) is 14. The fourth-order valence-corrected chi connectivity index (χ4v) is 1.01. The van der Waals surface area contributed by atoms with E-state index < -0.39 is 0 Å². The topological polar surface area (TPSA) is 358 Å². The molecule has 324 valence electrons. The van der Waals surface area contributed by atoms with Crippen LogP contribution in [-0.2, 0) is 49.5 Å². The minimum absolute atomic E-state index is 0. The summed E-state index contributed by atoms with van der Waals surface area (Å²) in [5, 5.41) is 121. The quantitative estimate of drug-likeness (QED) is 0.0833. The number of aliphatic hydroxyl groups is 6. The second-order valence-corrected chi connectivity index (χ2v) is 5.30. The van der Waals surface area contributed by atoms with Crippen LogP contribution in [0.5, 0.6) is 0 Å². The van der Waals surface area contributed by atoms with Crippen LogP contribution in [0.1, 0.15) is 0 Å². The van der Waals surface area contributed by atoms with Gasteiger partial charge < -0.3 is 63.1 Å². The molecular weight excluding hydrogens is 997 g/mol. The number of thiocarbonyl (C=S) groups is 6. The monoisotopic (exact) mass is 1030 g/mol. The maximum absolute atomic E-state index is 7.13. The van der Waals surface area contributed by atoms with E-state index in [1.807, 2.05) is 48.5 Å². The third kappa shape index (κ3) is 320. The molecule has 29 heteroatoms. The van der Waals surface area contributed by atoms with Crippen molar-refractivity contribution in [2.24, 2.45) is 0 Å². The summed E-state index contributed by atoms with van der Waals surface area (Å²) in [5.41, 5.74) is 0. The van der Waals surface area contributed by atoms with E-state index in [-0.39, 0.29) is 49.5 Å². The van der Waals surface area contributed by atoms with Gasteiger partial charge in [0.05, 0.1) is 0 Å². The molecule has 0 saturated carbocycles. The average molecular weight is 1040 g/mol. The van der Waals surface area contributed by atoms with Gasteiger partial charge in [0.15, 0.2) is 0 Å². The van der Waals surface area contributed by atoms with Gasteiger partial charge in [-0.25, -0.2) is 0 Å². The zero-order valence-electron chi connectivity index (χ0n) is 30.6. The largest absolute Gasteiger partial charge is 2.00 e. The number of hydrogen-bond acceptors (Lipinski definition) is 20. The molecule has 0 aliphatic carbocycles. The second-order valence-electron chi connectivity index (χ2n) is 4.20. The summed E-state index contributed by atoms with van der Waals surface area (Å²) in [6.45, 7) is 0. The van der Waals surface area contributed by atoms with E-state index in [9.17, 15) is 0 Å². The molecule has 0 aliphatic rings. The van der Waals surface area contributed by atoms with Crippen LogP contribution in [0.4, 0.5) is 0 Å². The molecule has 0 aromatic carbocycles. The van der Waals surface area contributed by atoms with Crippen molar-refractivity contribution in [3.63, 3.8) is 0 Å².